The third-order valence-corrected chi connectivity index (χ3v) is 9.92. The molecule has 2 heterocycles. The molecule has 2 bridgehead atoms. The van der Waals surface area contributed by atoms with E-state index in [-0.39, 0.29) is 11.2 Å². The van der Waals surface area contributed by atoms with Crippen molar-refractivity contribution >= 4 is 33.2 Å². The van der Waals surface area contributed by atoms with Gasteiger partial charge in [0.05, 0.1) is 18.0 Å². The molecule has 4 aliphatic rings. The number of nitrogens with zero attached hydrogens (tertiary/aromatic N) is 1. The standard InChI is InChI=1S/C28H31ClN2O4S/c29-23-9-10-24-20(14-23)5-3-12-28(24)17-31-16-22-7-6-19(22)4-1-2-13-36(33,34)30-27(32)21-8-11-26(35-18-28)25(31)15-21/h1,4,8-11,14-15,19,22H,2-3,5-7,12-13,16-18H2,(H,30,32)/b4-1-/t19-,22+,28+/m1/s1. The zero-order valence-corrected chi connectivity index (χ0v) is 21.8. The highest BCUT2D eigenvalue weighted by Crippen LogP contribution is 2.46. The summed E-state index contributed by atoms with van der Waals surface area (Å²) in [7, 11) is -3.71. The highest BCUT2D eigenvalue weighted by atomic mass is 35.5. The van der Waals surface area contributed by atoms with Gasteiger partial charge in [-0.2, -0.15) is 0 Å². The number of anilines is 1. The predicted molar refractivity (Wildman–Crippen MR) is 141 cm³/mol. The summed E-state index contributed by atoms with van der Waals surface area (Å²) in [4.78, 5) is 15.3. The predicted octanol–water partition coefficient (Wildman–Crippen LogP) is 4.86. The fourth-order valence-electron chi connectivity index (χ4n) is 6.36. The van der Waals surface area contributed by atoms with Crippen LogP contribution in [0.1, 0.15) is 53.6 Å². The van der Waals surface area contributed by atoms with Gasteiger partial charge in [-0.3, -0.25) is 4.79 Å². The molecule has 190 valence electrons. The maximum absolute atomic E-state index is 12.9. The zero-order valence-electron chi connectivity index (χ0n) is 20.2. The van der Waals surface area contributed by atoms with Gasteiger partial charge >= 0.3 is 0 Å². The first kappa shape index (κ1) is 23.9. The largest absolute Gasteiger partial charge is 0.490 e. The van der Waals surface area contributed by atoms with Crippen LogP contribution in [0.4, 0.5) is 5.69 Å². The highest BCUT2D eigenvalue weighted by Gasteiger charge is 2.43. The van der Waals surface area contributed by atoms with Gasteiger partial charge in [0.2, 0.25) is 10.0 Å². The van der Waals surface area contributed by atoms with Gasteiger partial charge in [0.1, 0.15) is 5.75 Å². The third kappa shape index (κ3) is 4.41. The molecule has 6 nitrogen and oxygen atoms in total. The lowest BCUT2D eigenvalue weighted by atomic mass is 9.69. The lowest BCUT2D eigenvalue weighted by Crippen LogP contribution is -2.48. The van der Waals surface area contributed by atoms with Gasteiger partial charge in [0.25, 0.3) is 5.91 Å². The molecular weight excluding hydrogens is 496 g/mol. The van der Waals surface area contributed by atoms with Gasteiger partial charge < -0.3 is 9.64 Å². The van der Waals surface area contributed by atoms with Gasteiger partial charge in [-0.05, 0) is 91.8 Å². The number of fused-ring (bicyclic) bond motifs is 4. The van der Waals surface area contributed by atoms with Crippen LogP contribution in [0.5, 0.6) is 5.75 Å². The zero-order chi connectivity index (χ0) is 24.9. The van der Waals surface area contributed by atoms with Crippen LogP contribution in [0.2, 0.25) is 5.02 Å². The van der Waals surface area contributed by atoms with E-state index in [4.69, 9.17) is 16.3 Å². The number of carbonyl (C=O) groups excluding carboxylic acids is 1. The number of rotatable bonds is 0. The van der Waals surface area contributed by atoms with Crippen LogP contribution in [0.15, 0.2) is 48.6 Å². The van der Waals surface area contributed by atoms with E-state index in [0.717, 1.165) is 61.7 Å². The summed E-state index contributed by atoms with van der Waals surface area (Å²) >= 11 is 6.35. The number of hydrogen-bond donors (Lipinski definition) is 1. The Morgan fingerprint density at radius 1 is 1.14 bits per heavy atom. The van der Waals surface area contributed by atoms with E-state index >= 15 is 0 Å². The van der Waals surface area contributed by atoms with E-state index in [1.54, 1.807) is 12.1 Å². The van der Waals surface area contributed by atoms with Crippen LogP contribution in [0, 0.1) is 11.8 Å². The molecule has 2 aromatic carbocycles. The minimum Gasteiger partial charge on any atom is -0.490 e. The van der Waals surface area contributed by atoms with Gasteiger partial charge in [0.15, 0.2) is 0 Å². The van der Waals surface area contributed by atoms with Crippen molar-refractivity contribution in [2.24, 2.45) is 11.8 Å². The Balaban J connectivity index is 1.43. The fraction of sp³-hybridized carbons (Fsp3) is 0.464. The van der Waals surface area contributed by atoms with Crippen molar-refractivity contribution in [2.75, 3.05) is 30.3 Å². The Bertz CT molecular complexity index is 1340. The van der Waals surface area contributed by atoms with Crippen molar-refractivity contribution in [3.63, 3.8) is 0 Å². The Morgan fingerprint density at radius 2 is 2.03 bits per heavy atom. The van der Waals surface area contributed by atoms with Crippen molar-refractivity contribution in [2.45, 2.75) is 43.9 Å². The molecule has 0 radical (unpaired) electrons. The molecule has 1 fully saturated rings. The minimum absolute atomic E-state index is 0.0985. The van der Waals surface area contributed by atoms with Crippen molar-refractivity contribution in [1.29, 1.82) is 0 Å². The quantitative estimate of drug-likeness (QED) is 0.496. The average Bonchev–Trinajstić information content (AvgIpc) is 2.98. The number of hydrogen-bond acceptors (Lipinski definition) is 5. The van der Waals surface area contributed by atoms with Crippen molar-refractivity contribution in [3.05, 3.63) is 70.3 Å². The first-order valence-electron chi connectivity index (χ1n) is 12.8. The molecule has 8 heteroatoms. The number of aryl methyl sites for hydroxylation is 1. The van der Waals surface area contributed by atoms with Crippen LogP contribution in [-0.4, -0.2) is 39.8 Å². The number of nitrogens with one attached hydrogen (secondary N) is 1. The first-order chi connectivity index (χ1) is 17.3. The summed E-state index contributed by atoms with van der Waals surface area (Å²) in [6, 6.07) is 11.5. The maximum atomic E-state index is 12.9. The third-order valence-electron chi connectivity index (χ3n) is 8.42. The first-order valence-corrected chi connectivity index (χ1v) is 14.9. The fourth-order valence-corrected chi connectivity index (χ4v) is 7.50. The number of carbonyl (C=O) groups is 1. The van der Waals surface area contributed by atoms with Gasteiger partial charge in [-0.15, -0.1) is 0 Å². The molecule has 1 amide bonds. The molecule has 0 aromatic heterocycles. The van der Waals surface area contributed by atoms with E-state index in [1.165, 1.54) is 11.1 Å². The molecule has 0 unspecified atom stereocenters. The number of sulfonamides is 1. The molecule has 1 N–H and O–H groups in total. The lowest BCUT2D eigenvalue weighted by molar-refractivity contribution is 0.0981. The lowest BCUT2D eigenvalue weighted by Gasteiger charge is -2.44. The number of allylic oxidation sites excluding steroid dienone is 2. The van der Waals surface area contributed by atoms with Crippen LogP contribution in [0.3, 0.4) is 0 Å². The van der Waals surface area contributed by atoms with E-state index in [2.05, 4.69) is 27.8 Å². The summed E-state index contributed by atoms with van der Waals surface area (Å²) < 4.78 is 33.7. The number of benzene rings is 2. The molecule has 3 atom stereocenters. The van der Waals surface area contributed by atoms with E-state index in [0.29, 0.717) is 30.4 Å². The number of ether oxygens (including phenoxy) is 1. The number of amides is 1. The monoisotopic (exact) mass is 526 g/mol. The minimum atomic E-state index is -3.71. The number of halogens is 1. The summed E-state index contributed by atoms with van der Waals surface area (Å²) in [5.41, 5.74) is 3.61. The highest BCUT2D eigenvalue weighted by molar-refractivity contribution is 7.90. The summed E-state index contributed by atoms with van der Waals surface area (Å²) in [5, 5.41) is 0.761. The summed E-state index contributed by atoms with van der Waals surface area (Å²) in [6.07, 6.45) is 9.90. The molecule has 1 saturated carbocycles. The van der Waals surface area contributed by atoms with Crippen molar-refractivity contribution < 1.29 is 17.9 Å². The molecule has 2 aliphatic heterocycles. The van der Waals surface area contributed by atoms with Crippen molar-refractivity contribution in [3.8, 4) is 5.75 Å². The Labute approximate surface area is 217 Å². The second-order valence-corrected chi connectivity index (χ2v) is 13.0. The molecule has 36 heavy (non-hydrogen) atoms. The molecule has 1 spiro atoms. The molecular formula is C28H31ClN2O4S. The Kier molecular flexibility index (Phi) is 6.03. The molecule has 2 aliphatic carbocycles. The topological polar surface area (TPSA) is 75.7 Å². The van der Waals surface area contributed by atoms with Gasteiger partial charge in [-0.25, -0.2) is 13.1 Å². The van der Waals surface area contributed by atoms with Crippen LogP contribution in [0.25, 0.3) is 0 Å². The molecule has 2 aromatic rings. The van der Waals surface area contributed by atoms with Crippen LogP contribution in [-0.2, 0) is 21.9 Å². The normalized spacial score (nSPS) is 29.9. The SMILES string of the molecule is O=C1NS(=O)(=O)CC/C=C\[C@@H]2CC[C@H]2CN2C[C@@]3(CCCc4cc(Cl)ccc43)COc3ccc1cc32. The summed E-state index contributed by atoms with van der Waals surface area (Å²) in [6.45, 7) is 2.21. The Hall–Kier alpha value is -2.51. The smallest absolute Gasteiger partial charge is 0.264 e. The van der Waals surface area contributed by atoms with Gasteiger partial charge in [-0.1, -0.05) is 29.8 Å². The van der Waals surface area contributed by atoms with Crippen LogP contribution < -0.4 is 14.4 Å². The second kappa shape index (κ2) is 9.10. The molecule has 6 rings (SSSR count). The van der Waals surface area contributed by atoms with E-state index in [1.807, 2.05) is 18.2 Å². The molecule has 0 saturated heterocycles. The summed E-state index contributed by atoms with van der Waals surface area (Å²) in [5.74, 6) is 0.963. The van der Waals surface area contributed by atoms with E-state index < -0.39 is 15.9 Å². The van der Waals surface area contributed by atoms with Gasteiger partial charge in [0, 0.05) is 29.1 Å². The van der Waals surface area contributed by atoms with Crippen LogP contribution >= 0.6 is 11.6 Å². The second-order valence-electron chi connectivity index (χ2n) is 10.8. The van der Waals surface area contributed by atoms with Crippen molar-refractivity contribution in [1.82, 2.24) is 4.72 Å². The Morgan fingerprint density at radius 3 is 2.86 bits per heavy atom. The average molecular weight is 527 g/mol. The maximum Gasteiger partial charge on any atom is 0.264 e. The van der Waals surface area contributed by atoms with E-state index in [9.17, 15) is 13.2 Å².